The molecule has 0 aliphatic heterocycles. The fourth-order valence-corrected chi connectivity index (χ4v) is 3.06. The monoisotopic (exact) mass is 275 g/mol. The molecule has 2 rings (SSSR count). The molecule has 1 aliphatic rings. The molecule has 110 valence electrons. The van der Waals surface area contributed by atoms with Crippen LogP contribution in [0.15, 0.2) is 24.3 Å². The molecule has 3 nitrogen and oxygen atoms in total. The molecule has 1 aliphatic carbocycles. The van der Waals surface area contributed by atoms with Crippen molar-refractivity contribution in [2.24, 2.45) is 5.41 Å². The molecule has 0 heterocycles. The average Bonchev–Trinajstić information content (AvgIpc) is 2.69. The average molecular weight is 275 g/mol. The van der Waals surface area contributed by atoms with Gasteiger partial charge < -0.3 is 10.1 Å². The van der Waals surface area contributed by atoms with Crippen LogP contribution in [0.4, 0.5) is 5.69 Å². The summed E-state index contributed by atoms with van der Waals surface area (Å²) in [6.07, 6.45) is 2.67. The fraction of sp³-hybridized carbons (Fsp3) is 0.588. The second-order valence-electron chi connectivity index (χ2n) is 6.63. The van der Waals surface area contributed by atoms with Gasteiger partial charge in [-0.2, -0.15) is 0 Å². The highest BCUT2D eigenvalue weighted by atomic mass is 16.5. The van der Waals surface area contributed by atoms with Crippen molar-refractivity contribution in [3.05, 3.63) is 29.8 Å². The topological polar surface area (TPSA) is 38.3 Å². The molecule has 1 aromatic rings. The molecule has 0 amide bonds. The molecule has 0 bridgehead atoms. The van der Waals surface area contributed by atoms with Crippen LogP contribution < -0.4 is 5.32 Å². The summed E-state index contributed by atoms with van der Waals surface area (Å²) in [4.78, 5) is 12.4. The zero-order valence-electron chi connectivity index (χ0n) is 13.0. The third-order valence-electron chi connectivity index (χ3n) is 4.11. The van der Waals surface area contributed by atoms with E-state index >= 15 is 0 Å². The largest absolute Gasteiger partial charge is 0.464 e. The van der Waals surface area contributed by atoms with E-state index in [2.05, 4.69) is 38.2 Å². The zero-order chi connectivity index (χ0) is 14.8. The predicted molar refractivity (Wildman–Crippen MR) is 81.8 cm³/mol. The van der Waals surface area contributed by atoms with Crippen molar-refractivity contribution >= 4 is 11.7 Å². The lowest BCUT2D eigenvalue weighted by Gasteiger charge is -2.31. The second-order valence-corrected chi connectivity index (χ2v) is 6.63. The number of aryl methyl sites for hydroxylation is 1. The minimum absolute atomic E-state index is 0.119. The highest BCUT2D eigenvalue weighted by Gasteiger charge is 2.49. The highest BCUT2D eigenvalue weighted by molar-refractivity contribution is 5.85. The molecular weight excluding hydrogens is 250 g/mol. The van der Waals surface area contributed by atoms with Crippen LogP contribution in [0.5, 0.6) is 0 Å². The summed E-state index contributed by atoms with van der Waals surface area (Å²) in [5, 5.41) is 3.45. The fourth-order valence-electron chi connectivity index (χ4n) is 3.06. The van der Waals surface area contributed by atoms with Gasteiger partial charge in [0.2, 0.25) is 0 Å². The first-order valence-corrected chi connectivity index (χ1v) is 7.39. The van der Waals surface area contributed by atoms with Crippen LogP contribution in [-0.2, 0) is 9.53 Å². The van der Waals surface area contributed by atoms with Gasteiger partial charge in [-0.1, -0.05) is 31.5 Å². The number of benzene rings is 1. The summed E-state index contributed by atoms with van der Waals surface area (Å²) in [7, 11) is 0. The minimum Gasteiger partial charge on any atom is -0.464 e. The van der Waals surface area contributed by atoms with Gasteiger partial charge in [0, 0.05) is 5.69 Å². The molecular formula is C17H25NO2. The molecule has 1 fully saturated rings. The van der Waals surface area contributed by atoms with Crippen LogP contribution in [0.3, 0.4) is 0 Å². The Kier molecular flexibility index (Phi) is 4.07. The number of rotatable bonds is 4. The van der Waals surface area contributed by atoms with E-state index in [1.54, 1.807) is 0 Å². The number of ether oxygens (including phenoxy) is 1. The first kappa shape index (κ1) is 14.9. The van der Waals surface area contributed by atoms with Crippen molar-refractivity contribution < 1.29 is 9.53 Å². The van der Waals surface area contributed by atoms with E-state index in [0.717, 1.165) is 24.9 Å². The lowest BCUT2D eigenvalue weighted by atomic mass is 9.87. The summed E-state index contributed by atoms with van der Waals surface area (Å²) in [6.45, 7) is 8.77. The standard InChI is InChI=1S/C17H25NO2/c1-5-20-15(19)17(11-10-16(3,4)12-17)18-14-8-6-13(2)7-9-14/h6-9,18H,5,10-12H2,1-4H3. The molecule has 0 saturated heterocycles. The third-order valence-corrected chi connectivity index (χ3v) is 4.11. The number of carbonyl (C=O) groups excluding carboxylic acids is 1. The maximum Gasteiger partial charge on any atom is 0.331 e. The number of nitrogens with one attached hydrogen (secondary N) is 1. The minimum atomic E-state index is -0.575. The first-order valence-electron chi connectivity index (χ1n) is 7.39. The Balaban J connectivity index is 2.23. The number of hydrogen-bond acceptors (Lipinski definition) is 3. The van der Waals surface area contributed by atoms with E-state index in [4.69, 9.17) is 4.74 Å². The third kappa shape index (κ3) is 3.14. The number of hydrogen-bond donors (Lipinski definition) is 1. The van der Waals surface area contributed by atoms with Crippen LogP contribution >= 0.6 is 0 Å². The second kappa shape index (κ2) is 5.47. The van der Waals surface area contributed by atoms with Crippen molar-refractivity contribution in [3.8, 4) is 0 Å². The molecule has 0 radical (unpaired) electrons. The zero-order valence-corrected chi connectivity index (χ0v) is 13.0. The van der Waals surface area contributed by atoms with Gasteiger partial charge in [-0.15, -0.1) is 0 Å². The van der Waals surface area contributed by atoms with Crippen molar-refractivity contribution in [1.82, 2.24) is 0 Å². The van der Waals surface area contributed by atoms with Gasteiger partial charge in [0.15, 0.2) is 0 Å². The van der Waals surface area contributed by atoms with Crippen molar-refractivity contribution in [2.45, 2.75) is 52.5 Å². The Morgan fingerprint density at radius 1 is 1.25 bits per heavy atom. The molecule has 20 heavy (non-hydrogen) atoms. The SMILES string of the molecule is CCOC(=O)C1(Nc2ccc(C)cc2)CCC(C)(C)C1. The molecule has 1 N–H and O–H groups in total. The molecule has 1 unspecified atom stereocenters. The highest BCUT2D eigenvalue weighted by Crippen LogP contribution is 2.45. The number of esters is 1. The summed E-state index contributed by atoms with van der Waals surface area (Å²) in [5.74, 6) is -0.119. The van der Waals surface area contributed by atoms with Crippen molar-refractivity contribution in [3.63, 3.8) is 0 Å². The Labute approximate surface area is 121 Å². The van der Waals surface area contributed by atoms with Gasteiger partial charge in [0.05, 0.1) is 6.61 Å². The van der Waals surface area contributed by atoms with Crippen LogP contribution in [0.2, 0.25) is 0 Å². The smallest absolute Gasteiger partial charge is 0.331 e. The van der Waals surface area contributed by atoms with Gasteiger partial charge in [0.25, 0.3) is 0 Å². The van der Waals surface area contributed by atoms with Crippen molar-refractivity contribution in [1.29, 1.82) is 0 Å². The Hall–Kier alpha value is -1.51. The van der Waals surface area contributed by atoms with Crippen LogP contribution in [0.1, 0.15) is 45.6 Å². The van der Waals surface area contributed by atoms with E-state index in [1.807, 2.05) is 19.1 Å². The van der Waals surface area contributed by atoms with E-state index < -0.39 is 5.54 Å². The van der Waals surface area contributed by atoms with Gasteiger partial charge >= 0.3 is 5.97 Å². The van der Waals surface area contributed by atoms with Gasteiger partial charge in [-0.25, -0.2) is 4.79 Å². The van der Waals surface area contributed by atoms with Crippen LogP contribution in [0.25, 0.3) is 0 Å². The van der Waals surface area contributed by atoms with E-state index in [9.17, 15) is 4.79 Å². The molecule has 0 spiro atoms. The Bertz CT molecular complexity index is 478. The summed E-state index contributed by atoms with van der Waals surface area (Å²) in [5.41, 5.74) is 1.80. The lowest BCUT2D eigenvalue weighted by molar-refractivity contribution is -0.148. The lowest BCUT2D eigenvalue weighted by Crippen LogP contribution is -2.46. The molecule has 1 atom stereocenters. The first-order chi connectivity index (χ1) is 9.37. The number of anilines is 1. The van der Waals surface area contributed by atoms with Gasteiger partial charge in [0.1, 0.15) is 5.54 Å². The normalized spacial score (nSPS) is 24.4. The van der Waals surface area contributed by atoms with E-state index in [-0.39, 0.29) is 11.4 Å². The molecule has 1 saturated carbocycles. The van der Waals surface area contributed by atoms with Crippen LogP contribution in [0, 0.1) is 12.3 Å². The van der Waals surface area contributed by atoms with Crippen LogP contribution in [-0.4, -0.2) is 18.1 Å². The Morgan fingerprint density at radius 2 is 1.90 bits per heavy atom. The van der Waals surface area contributed by atoms with Gasteiger partial charge in [-0.3, -0.25) is 0 Å². The Morgan fingerprint density at radius 3 is 2.40 bits per heavy atom. The maximum absolute atomic E-state index is 12.4. The molecule has 0 aromatic heterocycles. The summed E-state index contributed by atoms with van der Waals surface area (Å²) in [6, 6.07) is 8.17. The van der Waals surface area contributed by atoms with E-state index in [0.29, 0.717) is 6.61 Å². The molecule has 3 heteroatoms. The molecule has 1 aromatic carbocycles. The van der Waals surface area contributed by atoms with Crippen molar-refractivity contribution in [2.75, 3.05) is 11.9 Å². The van der Waals surface area contributed by atoms with Gasteiger partial charge in [-0.05, 0) is 50.7 Å². The number of carbonyl (C=O) groups is 1. The predicted octanol–water partition coefficient (Wildman–Crippen LogP) is 3.92. The summed E-state index contributed by atoms with van der Waals surface area (Å²) < 4.78 is 5.32. The van der Waals surface area contributed by atoms with E-state index in [1.165, 1.54) is 5.56 Å². The summed E-state index contributed by atoms with van der Waals surface area (Å²) >= 11 is 0. The maximum atomic E-state index is 12.4. The quantitative estimate of drug-likeness (QED) is 0.846.